The van der Waals surface area contributed by atoms with E-state index in [1.807, 2.05) is 6.07 Å². The Kier molecular flexibility index (Phi) is 6.86. The van der Waals surface area contributed by atoms with Gasteiger partial charge in [-0.25, -0.2) is 0 Å². The van der Waals surface area contributed by atoms with Crippen LogP contribution in [-0.2, 0) is 9.47 Å². The van der Waals surface area contributed by atoms with Gasteiger partial charge in [0.25, 0.3) is 5.69 Å². The minimum Gasteiger partial charge on any atom is -0.508 e. The van der Waals surface area contributed by atoms with Crippen LogP contribution in [0.5, 0.6) is 5.75 Å². The molecule has 2 heterocycles. The van der Waals surface area contributed by atoms with Gasteiger partial charge in [-0.3, -0.25) is 14.9 Å². The molecule has 2 aromatic carbocycles. The van der Waals surface area contributed by atoms with Crippen LogP contribution in [0.25, 0.3) is 11.0 Å². The Morgan fingerprint density at radius 2 is 2.00 bits per heavy atom. The first-order chi connectivity index (χ1) is 16.0. The molecule has 8 nitrogen and oxygen atoms in total. The van der Waals surface area contributed by atoms with Crippen LogP contribution in [0.2, 0.25) is 0 Å². The maximum atomic E-state index is 13.1. The SMILES string of the molecule is CCC/C=C\C[C@@H]1CO[C@H](c2coc3ccc([N+](=O)[O-])cc3c2=O)O[C@@H]1c1ccccc1O. The number of unbranched alkanes of at least 4 members (excludes halogenated alkanes) is 1. The molecule has 0 unspecified atom stereocenters. The lowest BCUT2D eigenvalue weighted by Crippen LogP contribution is -2.32. The molecule has 1 aliphatic heterocycles. The topological polar surface area (TPSA) is 112 Å². The summed E-state index contributed by atoms with van der Waals surface area (Å²) >= 11 is 0. The van der Waals surface area contributed by atoms with Crippen LogP contribution in [0.1, 0.15) is 49.7 Å². The third kappa shape index (κ3) is 4.81. The molecule has 1 fully saturated rings. The van der Waals surface area contributed by atoms with E-state index in [4.69, 9.17) is 13.9 Å². The largest absolute Gasteiger partial charge is 0.508 e. The Bertz CT molecular complexity index is 1230. The number of para-hydroxylation sites is 1. The molecule has 0 radical (unpaired) electrons. The van der Waals surface area contributed by atoms with Crippen molar-refractivity contribution in [3.05, 3.63) is 92.3 Å². The summed E-state index contributed by atoms with van der Waals surface area (Å²) < 4.78 is 17.7. The number of fused-ring (bicyclic) bond motifs is 1. The van der Waals surface area contributed by atoms with Crippen LogP contribution in [0.3, 0.4) is 0 Å². The highest BCUT2D eigenvalue weighted by molar-refractivity contribution is 5.79. The Labute approximate surface area is 190 Å². The Morgan fingerprint density at radius 3 is 2.76 bits per heavy atom. The molecule has 172 valence electrons. The van der Waals surface area contributed by atoms with Crippen LogP contribution in [-0.4, -0.2) is 16.6 Å². The van der Waals surface area contributed by atoms with Gasteiger partial charge in [-0.1, -0.05) is 43.7 Å². The van der Waals surface area contributed by atoms with Crippen molar-refractivity contribution in [3.8, 4) is 5.75 Å². The van der Waals surface area contributed by atoms with Gasteiger partial charge in [0.2, 0.25) is 5.43 Å². The molecule has 0 spiro atoms. The highest BCUT2D eigenvalue weighted by Gasteiger charge is 2.36. The number of nitrogens with zero attached hydrogens (tertiary/aromatic N) is 1. The number of allylic oxidation sites excluding steroid dienone is 2. The zero-order valence-corrected chi connectivity index (χ0v) is 18.2. The Hall–Kier alpha value is -3.49. The molecule has 1 N–H and O–H groups in total. The number of hydrogen-bond acceptors (Lipinski definition) is 7. The van der Waals surface area contributed by atoms with E-state index in [-0.39, 0.29) is 33.9 Å². The first-order valence-electron chi connectivity index (χ1n) is 10.9. The van der Waals surface area contributed by atoms with E-state index < -0.39 is 22.7 Å². The number of phenolic OH excluding ortho intramolecular Hbond substituents is 1. The Balaban J connectivity index is 1.67. The van der Waals surface area contributed by atoms with Gasteiger partial charge in [0, 0.05) is 23.6 Å². The molecular formula is C25H25NO7. The van der Waals surface area contributed by atoms with E-state index in [1.54, 1.807) is 18.2 Å². The normalized spacial score (nSPS) is 20.9. The summed E-state index contributed by atoms with van der Waals surface area (Å²) in [5, 5.41) is 21.7. The fraction of sp³-hybridized carbons (Fsp3) is 0.320. The second-order valence-corrected chi connectivity index (χ2v) is 7.99. The van der Waals surface area contributed by atoms with Crippen molar-refractivity contribution in [2.75, 3.05) is 6.61 Å². The molecule has 1 aliphatic rings. The summed E-state index contributed by atoms with van der Waals surface area (Å²) in [6.07, 6.45) is 6.62. The van der Waals surface area contributed by atoms with Gasteiger partial charge in [0.05, 0.1) is 28.6 Å². The molecule has 1 aromatic heterocycles. The molecule has 0 bridgehead atoms. The lowest BCUT2D eigenvalue weighted by atomic mass is 9.91. The predicted molar refractivity (Wildman–Crippen MR) is 122 cm³/mol. The lowest BCUT2D eigenvalue weighted by molar-refractivity contribution is -0.384. The summed E-state index contributed by atoms with van der Waals surface area (Å²) in [6, 6.07) is 10.8. The zero-order chi connectivity index (χ0) is 23.4. The van der Waals surface area contributed by atoms with Crippen LogP contribution < -0.4 is 5.43 Å². The number of phenols is 1. The number of ether oxygens (including phenoxy) is 2. The molecule has 1 saturated heterocycles. The average Bonchev–Trinajstić information content (AvgIpc) is 2.82. The monoisotopic (exact) mass is 451 g/mol. The van der Waals surface area contributed by atoms with E-state index in [0.29, 0.717) is 18.6 Å². The first-order valence-corrected chi connectivity index (χ1v) is 10.9. The van der Waals surface area contributed by atoms with Crippen molar-refractivity contribution < 1.29 is 23.9 Å². The van der Waals surface area contributed by atoms with Gasteiger partial charge in [-0.15, -0.1) is 0 Å². The minimum absolute atomic E-state index is 0.0729. The second-order valence-electron chi connectivity index (χ2n) is 7.99. The number of rotatable bonds is 7. The van der Waals surface area contributed by atoms with Gasteiger partial charge in [0.1, 0.15) is 17.6 Å². The van der Waals surface area contributed by atoms with E-state index in [2.05, 4.69) is 19.1 Å². The molecule has 3 aromatic rings. The fourth-order valence-electron chi connectivity index (χ4n) is 3.96. The lowest BCUT2D eigenvalue weighted by Gasteiger charge is -2.36. The van der Waals surface area contributed by atoms with Crippen LogP contribution >= 0.6 is 0 Å². The van der Waals surface area contributed by atoms with E-state index in [9.17, 15) is 20.0 Å². The molecule has 0 saturated carbocycles. The standard InChI is InChI=1S/C25H25NO7/c1-2-3-4-5-8-16-14-32-25(33-24(16)18-9-6-7-10-21(18)27)20-15-31-22-12-11-17(26(29)30)13-19(22)23(20)28/h4-7,9-13,15-16,24-25,27H,2-3,8,14H2,1H3/b5-4-/t16-,24+,25+/m1/s1. The third-order valence-electron chi connectivity index (χ3n) is 5.71. The van der Waals surface area contributed by atoms with Crippen molar-refractivity contribution in [2.45, 2.75) is 38.6 Å². The van der Waals surface area contributed by atoms with Gasteiger partial charge < -0.3 is 19.0 Å². The van der Waals surface area contributed by atoms with Crippen molar-refractivity contribution in [3.63, 3.8) is 0 Å². The van der Waals surface area contributed by atoms with Gasteiger partial charge in [-0.2, -0.15) is 0 Å². The number of aromatic hydroxyl groups is 1. The smallest absolute Gasteiger partial charge is 0.270 e. The zero-order valence-electron chi connectivity index (χ0n) is 18.2. The summed E-state index contributed by atoms with van der Waals surface area (Å²) in [5.74, 6) is 0.0306. The fourth-order valence-corrected chi connectivity index (χ4v) is 3.96. The number of non-ortho nitro benzene ring substituents is 1. The highest BCUT2D eigenvalue weighted by Crippen LogP contribution is 2.42. The summed E-state index contributed by atoms with van der Waals surface area (Å²) in [6.45, 7) is 2.41. The third-order valence-corrected chi connectivity index (χ3v) is 5.71. The number of benzene rings is 2. The van der Waals surface area contributed by atoms with E-state index in [1.165, 1.54) is 24.5 Å². The molecule has 0 amide bonds. The quantitative estimate of drug-likeness (QED) is 0.284. The van der Waals surface area contributed by atoms with Gasteiger partial charge in [-0.05, 0) is 25.0 Å². The van der Waals surface area contributed by atoms with E-state index in [0.717, 1.165) is 12.8 Å². The number of hydrogen-bond donors (Lipinski definition) is 1. The van der Waals surface area contributed by atoms with Crippen molar-refractivity contribution in [1.29, 1.82) is 0 Å². The van der Waals surface area contributed by atoms with Crippen LogP contribution in [0.15, 0.2) is 70.1 Å². The summed E-state index contributed by atoms with van der Waals surface area (Å²) in [5.41, 5.74) is 0.302. The first kappa shape index (κ1) is 22.7. The summed E-state index contributed by atoms with van der Waals surface area (Å²) in [4.78, 5) is 23.7. The minimum atomic E-state index is -1.04. The van der Waals surface area contributed by atoms with Crippen LogP contribution in [0.4, 0.5) is 5.69 Å². The Morgan fingerprint density at radius 1 is 1.18 bits per heavy atom. The number of nitro benzene ring substituents is 1. The highest BCUT2D eigenvalue weighted by atomic mass is 16.7. The maximum absolute atomic E-state index is 13.1. The predicted octanol–water partition coefficient (Wildman–Crippen LogP) is 5.56. The molecule has 0 aliphatic carbocycles. The second kappa shape index (κ2) is 9.97. The van der Waals surface area contributed by atoms with Crippen LogP contribution in [0, 0.1) is 16.0 Å². The van der Waals surface area contributed by atoms with Crippen molar-refractivity contribution in [2.24, 2.45) is 5.92 Å². The molecular weight excluding hydrogens is 426 g/mol. The van der Waals surface area contributed by atoms with Gasteiger partial charge in [0.15, 0.2) is 6.29 Å². The number of nitro groups is 1. The summed E-state index contributed by atoms with van der Waals surface area (Å²) in [7, 11) is 0. The maximum Gasteiger partial charge on any atom is 0.270 e. The molecule has 3 atom stereocenters. The molecule has 4 rings (SSSR count). The van der Waals surface area contributed by atoms with E-state index >= 15 is 0 Å². The van der Waals surface area contributed by atoms with Crippen molar-refractivity contribution >= 4 is 16.7 Å². The average molecular weight is 451 g/mol. The molecule has 8 heteroatoms. The molecule has 33 heavy (non-hydrogen) atoms. The van der Waals surface area contributed by atoms with Gasteiger partial charge >= 0.3 is 0 Å². The van der Waals surface area contributed by atoms with Crippen molar-refractivity contribution in [1.82, 2.24) is 0 Å².